The lowest BCUT2D eigenvalue weighted by Gasteiger charge is -2.17. The molecule has 2 aromatic carbocycles. The van der Waals surface area contributed by atoms with E-state index in [1.54, 1.807) is 53.6 Å². The number of anilines is 2. The number of fused-ring (bicyclic) bond motifs is 1. The average molecular weight is 403 g/mol. The van der Waals surface area contributed by atoms with Crippen LogP contribution in [-0.2, 0) is 14.3 Å². The van der Waals surface area contributed by atoms with Crippen molar-refractivity contribution in [3.8, 4) is 0 Å². The van der Waals surface area contributed by atoms with Gasteiger partial charge in [0.25, 0.3) is 5.91 Å². The predicted octanol–water partition coefficient (Wildman–Crippen LogP) is 3.55. The Labute approximate surface area is 173 Å². The lowest BCUT2D eigenvalue weighted by atomic mass is 10.1. The number of hydrogen-bond acceptors (Lipinski definition) is 5. The summed E-state index contributed by atoms with van der Waals surface area (Å²) in [4.78, 5) is 43.0. The fraction of sp³-hybridized carbons (Fsp3) is 0.217. The maximum absolute atomic E-state index is 12.6. The van der Waals surface area contributed by atoms with Gasteiger partial charge in [-0.1, -0.05) is 12.1 Å². The predicted molar refractivity (Wildman–Crippen MR) is 113 cm³/mol. The minimum Gasteiger partial charge on any atom is -0.449 e. The molecule has 1 atom stereocenters. The molecular weight excluding hydrogens is 382 g/mol. The summed E-state index contributed by atoms with van der Waals surface area (Å²) in [5.41, 5.74) is 2.31. The summed E-state index contributed by atoms with van der Waals surface area (Å²) in [7, 11) is 0. The fourth-order valence-corrected chi connectivity index (χ4v) is 3.45. The number of rotatable bonds is 5. The zero-order valence-corrected chi connectivity index (χ0v) is 16.5. The Morgan fingerprint density at radius 1 is 1.13 bits per heavy atom. The van der Waals surface area contributed by atoms with E-state index < -0.39 is 18.0 Å². The Bertz CT molecular complexity index is 1120. The first-order valence-corrected chi connectivity index (χ1v) is 9.79. The second-order valence-electron chi connectivity index (χ2n) is 7.11. The summed E-state index contributed by atoms with van der Waals surface area (Å²) < 4.78 is 5.36. The van der Waals surface area contributed by atoms with Crippen LogP contribution in [0.5, 0.6) is 0 Å². The van der Waals surface area contributed by atoms with E-state index in [9.17, 15) is 14.4 Å². The molecule has 1 aliphatic rings. The number of nitrogens with zero attached hydrogens (tertiary/aromatic N) is 2. The summed E-state index contributed by atoms with van der Waals surface area (Å²) in [5.74, 6) is -1.02. The van der Waals surface area contributed by atoms with E-state index in [4.69, 9.17) is 4.74 Å². The fourth-order valence-electron chi connectivity index (χ4n) is 3.45. The zero-order chi connectivity index (χ0) is 21.1. The second-order valence-corrected chi connectivity index (χ2v) is 7.11. The van der Waals surface area contributed by atoms with E-state index in [1.807, 2.05) is 12.1 Å². The molecule has 0 bridgehead atoms. The van der Waals surface area contributed by atoms with Gasteiger partial charge in [-0.3, -0.25) is 14.6 Å². The van der Waals surface area contributed by atoms with Gasteiger partial charge in [0, 0.05) is 30.2 Å². The molecule has 1 aliphatic heterocycles. The molecule has 7 nitrogen and oxygen atoms in total. The third-order valence-electron chi connectivity index (χ3n) is 5.02. The van der Waals surface area contributed by atoms with Crippen molar-refractivity contribution in [1.29, 1.82) is 0 Å². The van der Waals surface area contributed by atoms with Crippen molar-refractivity contribution in [2.45, 2.75) is 25.9 Å². The van der Waals surface area contributed by atoms with Gasteiger partial charge in [0.2, 0.25) is 5.91 Å². The highest BCUT2D eigenvalue weighted by Crippen LogP contribution is 2.24. The van der Waals surface area contributed by atoms with Crippen LogP contribution in [0.15, 0.2) is 60.8 Å². The van der Waals surface area contributed by atoms with Crippen molar-refractivity contribution in [2.75, 3.05) is 16.8 Å². The third kappa shape index (κ3) is 4.00. The van der Waals surface area contributed by atoms with Gasteiger partial charge in [-0.2, -0.15) is 0 Å². The molecule has 152 valence electrons. The number of amides is 2. The van der Waals surface area contributed by atoms with Crippen molar-refractivity contribution >= 4 is 40.1 Å². The quantitative estimate of drug-likeness (QED) is 0.658. The number of hydrogen-bond donors (Lipinski definition) is 1. The maximum atomic E-state index is 12.6. The zero-order valence-electron chi connectivity index (χ0n) is 16.5. The summed E-state index contributed by atoms with van der Waals surface area (Å²) in [5, 5.41) is 3.60. The van der Waals surface area contributed by atoms with Crippen LogP contribution in [0.2, 0.25) is 0 Å². The summed E-state index contributed by atoms with van der Waals surface area (Å²) in [6, 6.07) is 15.8. The smallest absolute Gasteiger partial charge is 0.338 e. The Kier molecular flexibility index (Phi) is 5.43. The lowest BCUT2D eigenvalue weighted by Crippen LogP contribution is -2.30. The molecule has 1 unspecified atom stereocenters. The normalized spacial score (nSPS) is 14.6. The Balaban J connectivity index is 1.44. The highest BCUT2D eigenvalue weighted by Gasteiger charge is 2.24. The third-order valence-corrected chi connectivity index (χ3v) is 5.02. The molecule has 0 saturated carbocycles. The van der Waals surface area contributed by atoms with Gasteiger partial charge in [0.15, 0.2) is 6.10 Å². The largest absolute Gasteiger partial charge is 0.449 e. The molecule has 2 heterocycles. The molecule has 1 saturated heterocycles. The number of carbonyl (C=O) groups excluding carboxylic acids is 3. The van der Waals surface area contributed by atoms with Crippen LogP contribution in [0, 0.1) is 0 Å². The standard InChI is InChI=1S/C23H21N3O4/c1-15(22(28)25-20-10-3-9-19-18(20)8-4-12-24-19)30-23(29)16-6-2-7-17(14-16)26-13-5-11-21(26)27/h2-4,6-10,12,14-15H,5,11,13H2,1H3,(H,25,28). The molecule has 1 fully saturated rings. The molecule has 4 rings (SSSR count). The van der Waals surface area contributed by atoms with Crippen LogP contribution in [0.3, 0.4) is 0 Å². The molecule has 0 spiro atoms. The van der Waals surface area contributed by atoms with E-state index in [0.717, 1.165) is 17.3 Å². The van der Waals surface area contributed by atoms with Crippen molar-refractivity contribution in [2.24, 2.45) is 0 Å². The number of esters is 1. The van der Waals surface area contributed by atoms with Gasteiger partial charge >= 0.3 is 5.97 Å². The Morgan fingerprint density at radius 3 is 2.77 bits per heavy atom. The topological polar surface area (TPSA) is 88.6 Å². The van der Waals surface area contributed by atoms with Crippen LogP contribution >= 0.6 is 0 Å². The number of aromatic nitrogens is 1. The second kappa shape index (κ2) is 8.32. The summed E-state index contributed by atoms with van der Waals surface area (Å²) >= 11 is 0. The average Bonchev–Trinajstić information content (AvgIpc) is 3.20. The van der Waals surface area contributed by atoms with Crippen molar-refractivity contribution in [3.63, 3.8) is 0 Å². The van der Waals surface area contributed by atoms with E-state index >= 15 is 0 Å². The van der Waals surface area contributed by atoms with Crippen molar-refractivity contribution in [1.82, 2.24) is 4.98 Å². The van der Waals surface area contributed by atoms with E-state index in [1.165, 1.54) is 6.92 Å². The van der Waals surface area contributed by atoms with Gasteiger partial charge in [-0.15, -0.1) is 0 Å². The number of ether oxygens (including phenoxy) is 1. The molecule has 3 aromatic rings. The van der Waals surface area contributed by atoms with E-state index in [-0.39, 0.29) is 5.91 Å². The highest BCUT2D eigenvalue weighted by atomic mass is 16.5. The monoisotopic (exact) mass is 403 g/mol. The van der Waals surface area contributed by atoms with Gasteiger partial charge in [-0.25, -0.2) is 4.79 Å². The molecular formula is C23H21N3O4. The molecule has 2 amide bonds. The van der Waals surface area contributed by atoms with Gasteiger partial charge in [0.1, 0.15) is 0 Å². The molecule has 1 N–H and O–H groups in total. The molecule has 0 radical (unpaired) electrons. The minimum absolute atomic E-state index is 0.0397. The molecule has 0 aliphatic carbocycles. The molecule has 7 heteroatoms. The molecule has 1 aromatic heterocycles. The number of benzene rings is 2. The Hall–Kier alpha value is -3.74. The van der Waals surface area contributed by atoms with Crippen LogP contribution in [-0.4, -0.2) is 35.4 Å². The first-order chi connectivity index (χ1) is 14.5. The van der Waals surface area contributed by atoms with Crippen LogP contribution < -0.4 is 10.2 Å². The summed E-state index contributed by atoms with van der Waals surface area (Å²) in [6.45, 7) is 2.15. The van der Waals surface area contributed by atoms with E-state index in [0.29, 0.717) is 29.9 Å². The van der Waals surface area contributed by atoms with Crippen LogP contribution in [0.1, 0.15) is 30.1 Å². The first kappa shape index (κ1) is 19.6. The minimum atomic E-state index is -0.999. The number of carbonyl (C=O) groups is 3. The highest BCUT2D eigenvalue weighted by molar-refractivity contribution is 6.03. The van der Waals surface area contributed by atoms with Gasteiger partial charge < -0.3 is 15.0 Å². The van der Waals surface area contributed by atoms with Crippen molar-refractivity contribution < 1.29 is 19.1 Å². The summed E-state index contributed by atoms with van der Waals surface area (Å²) in [6.07, 6.45) is 1.99. The Morgan fingerprint density at radius 2 is 1.97 bits per heavy atom. The lowest BCUT2D eigenvalue weighted by molar-refractivity contribution is -0.123. The SMILES string of the molecule is CC(OC(=O)c1cccc(N2CCCC2=O)c1)C(=O)Nc1cccc2ncccc12. The van der Waals surface area contributed by atoms with Gasteiger partial charge in [0.05, 0.1) is 16.8 Å². The molecule has 30 heavy (non-hydrogen) atoms. The number of nitrogens with one attached hydrogen (secondary N) is 1. The van der Waals surface area contributed by atoms with Crippen LogP contribution in [0.4, 0.5) is 11.4 Å². The van der Waals surface area contributed by atoms with Crippen molar-refractivity contribution in [3.05, 3.63) is 66.4 Å². The first-order valence-electron chi connectivity index (χ1n) is 9.79. The van der Waals surface area contributed by atoms with Gasteiger partial charge in [-0.05, 0) is 55.8 Å². The van der Waals surface area contributed by atoms with E-state index in [2.05, 4.69) is 10.3 Å². The van der Waals surface area contributed by atoms with Crippen LogP contribution in [0.25, 0.3) is 10.9 Å². The number of pyridine rings is 1. The maximum Gasteiger partial charge on any atom is 0.338 e.